The number of halogens is 2. The average molecular weight is 257 g/mol. The predicted molar refractivity (Wildman–Crippen MR) is 70.9 cm³/mol. The summed E-state index contributed by atoms with van der Waals surface area (Å²) < 4.78 is 0. The van der Waals surface area contributed by atoms with Crippen molar-refractivity contribution < 1.29 is 0 Å². The van der Waals surface area contributed by atoms with Crippen LogP contribution in [0.2, 0.25) is 0 Å². The minimum Gasteiger partial charge on any atom is -0.273 e. The third-order valence-electron chi connectivity index (χ3n) is 2.98. The summed E-state index contributed by atoms with van der Waals surface area (Å²) in [7, 11) is 0. The van der Waals surface area contributed by atoms with Crippen molar-refractivity contribution in [3.05, 3.63) is 23.3 Å². The highest BCUT2D eigenvalue weighted by atomic mass is 35.5. The molecule has 2 aliphatic rings. The van der Waals surface area contributed by atoms with Gasteiger partial charge < -0.3 is 0 Å². The molecule has 16 heavy (non-hydrogen) atoms. The van der Waals surface area contributed by atoms with Gasteiger partial charge >= 0.3 is 0 Å². The van der Waals surface area contributed by atoms with Crippen LogP contribution in [0.5, 0.6) is 0 Å². The molecule has 0 aromatic carbocycles. The lowest BCUT2D eigenvalue weighted by Gasteiger charge is -2.26. The Hall–Kier alpha value is -0.600. The second kappa shape index (κ2) is 4.72. The molecule has 0 saturated carbocycles. The number of hydrogen-bond donors (Lipinski definition) is 0. The first-order valence-corrected chi connectivity index (χ1v) is 6.13. The van der Waals surface area contributed by atoms with E-state index in [1.165, 1.54) is 11.1 Å². The lowest BCUT2D eigenvalue weighted by Crippen LogP contribution is -2.24. The Bertz CT molecular complexity index is 419. The fraction of sp³-hybridized carbons (Fsp3) is 0.500. The number of dihydropyridines is 2. The summed E-state index contributed by atoms with van der Waals surface area (Å²) in [6.07, 6.45) is 4.80. The van der Waals surface area contributed by atoms with Crippen LogP contribution in [-0.2, 0) is 0 Å². The molecular formula is C12H14Cl2N2. The number of rotatable bonds is 1. The molecule has 2 unspecified atom stereocenters. The first kappa shape index (κ1) is 11.9. The summed E-state index contributed by atoms with van der Waals surface area (Å²) in [4.78, 5) is 8.71. The maximum absolute atomic E-state index is 5.99. The van der Waals surface area contributed by atoms with Crippen LogP contribution in [0.3, 0.4) is 0 Å². The van der Waals surface area contributed by atoms with Gasteiger partial charge in [-0.3, -0.25) is 9.98 Å². The van der Waals surface area contributed by atoms with Gasteiger partial charge in [0.15, 0.2) is 0 Å². The highest BCUT2D eigenvalue weighted by Crippen LogP contribution is 2.29. The van der Waals surface area contributed by atoms with E-state index in [0.29, 0.717) is 16.3 Å². The number of allylic oxidation sites excluding steroid dienone is 2. The van der Waals surface area contributed by atoms with Gasteiger partial charge in [0, 0.05) is 13.0 Å². The van der Waals surface area contributed by atoms with Crippen molar-refractivity contribution in [2.75, 3.05) is 6.54 Å². The molecule has 2 nitrogen and oxygen atoms in total. The Morgan fingerprint density at radius 1 is 1.38 bits per heavy atom. The van der Waals surface area contributed by atoms with E-state index in [1.54, 1.807) is 0 Å². The third-order valence-corrected chi connectivity index (χ3v) is 3.46. The molecule has 2 heterocycles. The van der Waals surface area contributed by atoms with Crippen LogP contribution >= 0.6 is 23.2 Å². The molecule has 86 valence electrons. The van der Waals surface area contributed by atoms with E-state index in [4.69, 9.17) is 23.2 Å². The quantitative estimate of drug-likeness (QED) is 0.642. The number of hydrogen-bond acceptors (Lipinski definition) is 2. The normalized spacial score (nSPS) is 30.2. The van der Waals surface area contributed by atoms with Crippen LogP contribution < -0.4 is 0 Å². The molecular weight excluding hydrogens is 243 g/mol. The SMILES string of the molecule is CC1=CCC(Cl)=NC1C1=CC(Cl)=NCC1C. The molecule has 0 fully saturated rings. The van der Waals surface area contributed by atoms with Crippen molar-refractivity contribution in [3.8, 4) is 0 Å². The van der Waals surface area contributed by atoms with Crippen LogP contribution in [0.1, 0.15) is 20.3 Å². The molecule has 0 spiro atoms. The van der Waals surface area contributed by atoms with Crippen molar-refractivity contribution >= 4 is 33.5 Å². The molecule has 0 N–H and O–H groups in total. The van der Waals surface area contributed by atoms with Crippen LogP contribution in [-0.4, -0.2) is 22.9 Å². The van der Waals surface area contributed by atoms with Crippen LogP contribution in [0.25, 0.3) is 0 Å². The minimum absolute atomic E-state index is 0.0560. The van der Waals surface area contributed by atoms with E-state index < -0.39 is 0 Å². The standard InChI is InChI=1S/C12H14Cl2N2/c1-7-3-4-10(13)16-12(7)9-5-11(14)15-6-8(9)2/h3,5,8,12H,4,6H2,1-2H3. The molecule has 0 radical (unpaired) electrons. The van der Waals surface area contributed by atoms with E-state index >= 15 is 0 Å². The molecule has 2 atom stereocenters. The Balaban J connectivity index is 2.33. The first-order chi connectivity index (χ1) is 7.58. The zero-order valence-electron chi connectivity index (χ0n) is 9.37. The largest absolute Gasteiger partial charge is 0.273 e. The molecule has 0 aromatic rings. The van der Waals surface area contributed by atoms with Crippen molar-refractivity contribution in [1.82, 2.24) is 0 Å². The van der Waals surface area contributed by atoms with Gasteiger partial charge in [0.05, 0.1) is 6.04 Å². The second-order valence-electron chi connectivity index (χ2n) is 4.27. The van der Waals surface area contributed by atoms with Gasteiger partial charge in [0.25, 0.3) is 0 Å². The summed E-state index contributed by atoms with van der Waals surface area (Å²) >= 11 is 11.9. The van der Waals surface area contributed by atoms with Crippen LogP contribution in [0.15, 0.2) is 33.3 Å². The highest BCUT2D eigenvalue weighted by Gasteiger charge is 2.25. The van der Waals surface area contributed by atoms with Crippen molar-refractivity contribution in [3.63, 3.8) is 0 Å². The van der Waals surface area contributed by atoms with Crippen LogP contribution in [0.4, 0.5) is 0 Å². The zero-order valence-corrected chi connectivity index (χ0v) is 10.9. The Morgan fingerprint density at radius 3 is 2.88 bits per heavy atom. The maximum atomic E-state index is 5.99. The molecule has 0 aliphatic carbocycles. The van der Waals surface area contributed by atoms with Crippen molar-refractivity contribution in [2.45, 2.75) is 26.3 Å². The third kappa shape index (κ3) is 2.38. The molecule has 2 aliphatic heterocycles. The fourth-order valence-corrected chi connectivity index (χ4v) is 2.36. The lowest BCUT2D eigenvalue weighted by molar-refractivity contribution is 0.632. The molecule has 2 rings (SSSR count). The van der Waals surface area contributed by atoms with Gasteiger partial charge in [-0.25, -0.2) is 0 Å². The number of aliphatic imine (C=N–C) groups is 2. The molecule has 0 bridgehead atoms. The Labute approximate surface area is 106 Å². The second-order valence-corrected chi connectivity index (χ2v) is 5.09. The average Bonchev–Trinajstić information content (AvgIpc) is 2.25. The van der Waals surface area contributed by atoms with Crippen LogP contribution in [0, 0.1) is 5.92 Å². The fourth-order valence-electron chi connectivity index (χ4n) is 1.99. The summed E-state index contributed by atoms with van der Waals surface area (Å²) in [6, 6.07) is 0.0560. The van der Waals surface area contributed by atoms with Crippen molar-refractivity contribution in [2.24, 2.45) is 15.9 Å². The Kier molecular flexibility index (Phi) is 3.50. The van der Waals surface area contributed by atoms with Gasteiger partial charge in [-0.15, -0.1) is 0 Å². The zero-order chi connectivity index (χ0) is 11.7. The molecule has 4 heteroatoms. The first-order valence-electron chi connectivity index (χ1n) is 5.38. The monoisotopic (exact) mass is 256 g/mol. The maximum Gasteiger partial charge on any atom is 0.123 e. The summed E-state index contributed by atoms with van der Waals surface area (Å²) in [5.74, 6) is 0.377. The molecule has 0 amide bonds. The van der Waals surface area contributed by atoms with Gasteiger partial charge in [-0.1, -0.05) is 36.2 Å². The summed E-state index contributed by atoms with van der Waals surface area (Å²) in [5.41, 5.74) is 2.46. The van der Waals surface area contributed by atoms with Crippen molar-refractivity contribution in [1.29, 1.82) is 0 Å². The minimum atomic E-state index is 0.0560. The van der Waals surface area contributed by atoms with E-state index in [1.807, 2.05) is 6.08 Å². The van der Waals surface area contributed by atoms with Gasteiger partial charge in [0.2, 0.25) is 0 Å². The van der Waals surface area contributed by atoms with E-state index in [0.717, 1.165) is 13.0 Å². The topological polar surface area (TPSA) is 24.7 Å². The summed E-state index contributed by atoms with van der Waals surface area (Å²) in [6.45, 7) is 4.97. The smallest absolute Gasteiger partial charge is 0.123 e. The Morgan fingerprint density at radius 2 is 2.12 bits per heavy atom. The van der Waals surface area contributed by atoms with E-state index in [-0.39, 0.29) is 6.04 Å². The highest BCUT2D eigenvalue weighted by molar-refractivity contribution is 6.68. The lowest BCUT2D eigenvalue weighted by atomic mass is 9.87. The predicted octanol–water partition coefficient (Wildman–Crippen LogP) is 3.56. The van der Waals surface area contributed by atoms with E-state index in [2.05, 4.69) is 29.9 Å². The van der Waals surface area contributed by atoms with Gasteiger partial charge in [0.1, 0.15) is 10.3 Å². The van der Waals surface area contributed by atoms with E-state index in [9.17, 15) is 0 Å². The number of nitrogens with zero attached hydrogens (tertiary/aromatic N) is 2. The molecule has 0 saturated heterocycles. The van der Waals surface area contributed by atoms with Gasteiger partial charge in [-0.05, 0) is 30.1 Å². The molecule has 0 aromatic heterocycles. The summed E-state index contributed by atoms with van der Waals surface area (Å²) in [5, 5.41) is 1.24. The van der Waals surface area contributed by atoms with Gasteiger partial charge in [-0.2, -0.15) is 0 Å².